The Balaban J connectivity index is 2.62. The molecule has 0 aromatic heterocycles. The van der Waals surface area contributed by atoms with E-state index in [1.165, 1.54) is 0 Å². The Hall–Kier alpha value is -0.200. The van der Waals surface area contributed by atoms with Gasteiger partial charge >= 0.3 is 0 Å². The molecule has 0 atom stereocenters. The van der Waals surface area contributed by atoms with Crippen molar-refractivity contribution in [3.05, 3.63) is 40.8 Å². The van der Waals surface area contributed by atoms with Crippen LogP contribution in [0.25, 0.3) is 0 Å². The summed E-state index contributed by atoms with van der Waals surface area (Å²) in [5, 5.41) is 0. The van der Waals surface area contributed by atoms with Crippen molar-refractivity contribution < 1.29 is 0 Å². The van der Waals surface area contributed by atoms with Crippen LogP contribution in [0.4, 0.5) is 0 Å². The largest absolute Gasteiger partial charge is 0.173 e. The number of rotatable bonds is 1. The zero-order valence-corrected chi connectivity index (χ0v) is 6.15. The van der Waals surface area contributed by atoms with Crippen molar-refractivity contribution in [1.82, 2.24) is 0 Å². The van der Waals surface area contributed by atoms with Crippen LogP contribution in [0.1, 0.15) is 0 Å². The number of halogens is 2. The minimum Gasteiger partial charge on any atom is -0.0932 e. The number of hydrogen-bond acceptors (Lipinski definition) is 0. The average molecular weight is 160 g/mol. The third kappa shape index (κ3) is 2.25. The quantitative estimate of drug-likeness (QED) is 0.553. The molecule has 0 bridgehead atoms. The van der Waals surface area contributed by atoms with Crippen LogP contribution in [0.5, 0.6) is 0 Å². The van der Waals surface area contributed by atoms with Crippen LogP contribution in [-0.2, 0) is 0 Å². The van der Waals surface area contributed by atoms with E-state index in [-0.39, 0.29) is 0 Å². The smallest absolute Gasteiger partial charge is 0.0932 e. The van der Waals surface area contributed by atoms with Gasteiger partial charge in [0.25, 0.3) is 0 Å². The molecule has 0 saturated heterocycles. The van der Waals surface area contributed by atoms with Crippen molar-refractivity contribution in [2.75, 3.05) is 0 Å². The molecule has 0 unspecified atom stereocenters. The van der Waals surface area contributed by atoms with E-state index < -0.39 is 0 Å². The van der Waals surface area contributed by atoms with Gasteiger partial charge in [-0.2, -0.15) is 0 Å². The van der Waals surface area contributed by atoms with Gasteiger partial charge in [-0.25, -0.2) is 0 Å². The lowest BCUT2D eigenvalue weighted by Crippen LogP contribution is -1.69. The van der Waals surface area contributed by atoms with E-state index in [1.807, 2.05) is 24.3 Å². The average Bonchev–Trinajstić information content (AvgIpc) is 2.15. The summed E-state index contributed by atoms with van der Waals surface area (Å²) in [6.45, 7) is 0. The van der Waals surface area contributed by atoms with Crippen LogP contribution in [0, 0.1) is 4.84 Å². The molecule has 2 heteroatoms. The standard InChI is InChI=1S/C7H5Cl2/c8-7(9)5-6-3-1-2-4-6/h1-5H. The first-order chi connectivity index (χ1) is 4.29. The summed E-state index contributed by atoms with van der Waals surface area (Å²) in [7, 11) is 0. The summed E-state index contributed by atoms with van der Waals surface area (Å²) in [6, 6.07) is 0. The van der Waals surface area contributed by atoms with Crippen LogP contribution >= 0.6 is 23.2 Å². The van der Waals surface area contributed by atoms with E-state index in [1.54, 1.807) is 6.08 Å². The summed E-state index contributed by atoms with van der Waals surface area (Å²) in [5.41, 5.74) is 1.04. The maximum Gasteiger partial charge on any atom is 0.173 e. The highest BCUT2D eigenvalue weighted by molar-refractivity contribution is 6.54. The Morgan fingerprint density at radius 3 is 2.22 bits per heavy atom. The first kappa shape index (κ1) is 6.91. The Morgan fingerprint density at radius 1 is 1.22 bits per heavy atom. The Labute approximate surface area is 64.5 Å². The number of allylic oxidation sites excluding steroid dienone is 6. The molecule has 0 aromatic carbocycles. The van der Waals surface area contributed by atoms with E-state index >= 15 is 0 Å². The molecule has 0 spiro atoms. The zero-order valence-electron chi connectivity index (χ0n) is 4.64. The summed E-state index contributed by atoms with van der Waals surface area (Å²) >= 11 is 10.8. The Kier molecular flexibility index (Phi) is 2.38. The molecule has 0 N–H and O–H groups in total. The molecule has 0 aromatic rings. The summed E-state index contributed by atoms with van der Waals surface area (Å²) in [6.07, 6.45) is 9.43. The fraction of sp³-hybridized carbons (Fsp3) is 0. The minimum absolute atomic E-state index is 0.293. The van der Waals surface area contributed by atoms with Gasteiger partial charge in [-0.1, -0.05) is 47.5 Å². The topological polar surface area (TPSA) is 0 Å². The van der Waals surface area contributed by atoms with Crippen LogP contribution in [0.3, 0.4) is 0 Å². The van der Waals surface area contributed by atoms with Crippen LogP contribution in [-0.4, -0.2) is 0 Å². The summed E-state index contributed by atoms with van der Waals surface area (Å²) in [5.74, 6) is 0. The third-order valence-corrected chi connectivity index (χ3v) is 1.18. The fourth-order valence-electron chi connectivity index (χ4n) is 0.611. The van der Waals surface area contributed by atoms with Crippen molar-refractivity contribution in [2.45, 2.75) is 0 Å². The third-order valence-electron chi connectivity index (χ3n) is 0.964. The predicted molar refractivity (Wildman–Crippen MR) is 41.3 cm³/mol. The van der Waals surface area contributed by atoms with Crippen LogP contribution in [0.15, 0.2) is 36.0 Å². The lowest BCUT2D eigenvalue weighted by atomic mass is 10.3. The van der Waals surface area contributed by atoms with Gasteiger partial charge < -0.3 is 0 Å². The molecule has 0 nitrogen and oxygen atoms in total. The maximum absolute atomic E-state index is 5.40. The lowest BCUT2D eigenvalue weighted by molar-refractivity contribution is 1.71. The van der Waals surface area contributed by atoms with Crippen molar-refractivity contribution in [3.8, 4) is 0 Å². The van der Waals surface area contributed by atoms with E-state index in [2.05, 4.69) is 0 Å². The molecule has 1 rings (SSSR count). The second-order valence-corrected chi connectivity index (χ2v) is 2.66. The van der Waals surface area contributed by atoms with Gasteiger partial charge in [0.05, 0.1) is 0 Å². The molecule has 47 valence electrons. The predicted octanol–water partition coefficient (Wildman–Crippen LogP) is 3.01. The molecule has 0 amide bonds. The maximum atomic E-state index is 5.40. The Bertz CT molecular complexity index is 161. The van der Waals surface area contributed by atoms with Gasteiger partial charge in [-0.05, 0) is 11.6 Å². The highest BCUT2D eigenvalue weighted by Crippen LogP contribution is 2.18. The van der Waals surface area contributed by atoms with E-state index in [0.29, 0.717) is 4.84 Å². The number of hydrogen-bond donors (Lipinski definition) is 0. The van der Waals surface area contributed by atoms with Gasteiger partial charge in [0.1, 0.15) is 0 Å². The molecule has 0 saturated carbocycles. The molecule has 0 aliphatic heterocycles. The molecule has 0 fully saturated rings. The summed E-state index contributed by atoms with van der Waals surface area (Å²) in [4.78, 5) is 0.293. The molecule has 1 aliphatic carbocycles. The van der Waals surface area contributed by atoms with Gasteiger partial charge in [0, 0.05) is 0 Å². The first-order valence-electron chi connectivity index (χ1n) is 2.53. The highest BCUT2D eigenvalue weighted by Gasteiger charge is 1.96. The highest BCUT2D eigenvalue weighted by atomic mass is 35.5. The molecular formula is C7H5Cl2. The summed E-state index contributed by atoms with van der Waals surface area (Å²) < 4.78 is 0. The van der Waals surface area contributed by atoms with E-state index in [4.69, 9.17) is 23.2 Å². The Morgan fingerprint density at radius 2 is 1.78 bits per heavy atom. The van der Waals surface area contributed by atoms with Crippen molar-refractivity contribution in [3.63, 3.8) is 0 Å². The van der Waals surface area contributed by atoms with Gasteiger partial charge in [0.2, 0.25) is 0 Å². The molecule has 1 aliphatic rings. The molecule has 0 heterocycles. The minimum atomic E-state index is 0.293. The molecule has 9 heavy (non-hydrogen) atoms. The van der Waals surface area contributed by atoms with Crippen molar-refractivity contribution in [2.24, 2.45) is 0 Å². The van der Waals surface area contributed by atoms with Crippen LogP contribution < -0.4 is 0 Å². The normalized spacial score (nSPS) is 15.7. The second-order valence-electron chi connectivity index (χ2n) is 1.65. The van der Waals surface area contributed by atoms with Gasteiger partial charge in [-0.3, -0.25) is 0 Å². The molecule has 1 radical (unpaired) electrons. The zero-order chi connectivity index (χ0) is 6.69. The monoisotopic (exact) mass is 159 g/mol. The second kappa shape index (κ2) is 3.09. The van der Waals surface area contributed by atoms with Gasteiger partial charge in [0.15, 0.2) is 4.84 Å². The fourth-order valence-corrected chi connectivity index (χ4v) is 0.863. The lowest BCUT2D eigenvalue weighted by Gasteiger charge is -1.88. The van der Waals surface area contributed by atoms with E-state index in [9.17, 15) is 0 Å². The van der Waals surface area contributed by atoms with Crippen molar-refractivity contribution in [1.29, 1.82) is 0 Å². The van der Waals surface area contributed by atoms with Gasteiger partial charge in [-0.15, -0.1) is 0 Å². The first-order valence-corrected chi connectivity index (χ1v) is 3.29. The van der Waals surface area contributed by atoms with Crippen molar-refractivity contribution >= 4 is 23.2 Å². The van der Waals surface area contributed by atoms with E-state index in [0.717, 1.165) is 5.57 Å². The molecular weight excluding hydrogens is 155 g/mol. The van der Waals surface area contributed by atoms with Crippen LogP contribution in [0.2, 0.25) is 0 Å². The SMILES string of the molecule is Cl[C](Cl)C=C1C=CC=C1.